The van der Waals surface area contributed by atoms with E-state index in [4.69, 9.17) is 9.47 Å². The molecule has 1 aliphatic heterocycles. The van der Waals surface area contributed by atoms with Gasteiger partial charge in [0.15, 0.2) is 0 Å². The van der Waals surface area contributed by atoms with Gasteiger partial charge in [0, 0.05) is 14.2 Å². The summed E-state index contributed by atoms with van der Waals surface area (Å²) < 4.78 is 10.7. The standard InChI is InChI=1S/C10H19O3S.ClH/c1-6-14-7-9(2,3)8(11)10(14,12-4)13-5;/h6-7H2,1-5H3;1H/q+1;/p-1. The van der Waals surface area contributed by atoms with Crippen molar-refractivity contribution in [3.8, 4) is 0 Å². The van der Waals surface area contributed by atoms with Crippen LogP contribution in [0.3, 0.4) is 0 Å². The van der Waals surface area contributed by atoms with Crippen LogP contribution >= 0.6 is 0 Å². The summed E-state index contributed by atoms with van der Waals surface area (Å²) >= 11 is 0. The molecule has 3 nitrogen and oxygen atoms in total. The highest BCUT2D eigenvalue weighted by atomic mass is 35.5. The zero-order valence-electron chi connectivity index (χ0n) is 9.93. The minimum atomic E-state index is -0.974. The fraction of sp³-hybridized carbons (Fsp3) is 0.900. The predicted octanol–water partition coefficient (Wildman–Crippen LogP) is -1.82. The summed E-state index contributed by atoms with van der Waals surface area (Å²) in [6, 6.07) is 0. The first-order valence-corrected chi connectivity index (χ1v) is 6.33. The topological polar surface area (TPSA) is 35.5 Å². The van der Waals surface area contributed by atoms with E-state index < -0.39 is 5.12 Å². The van der Waals surface area contributed by atoms with Crippen LogP contribution in [-0.2, 0) is 25.2 Å². The highest BCUT2D eigenvalue weighted by molar-refractivity contribution is 7.99. The van der Waals surface area contributed by atoms with Crippen LogP contribution in [0.25, 0.3) is 0 Å². The summed E-state index contributed by atoms with van der Waals surface area (Å²) in [7, 11) is 2.98. The molecule has 0 aromatic rings. The van der Waals surface area contributed by atoms with Crippen molar-refractivity contribution in [1.82, 2.24) is 0 Å². The van der Waals surface area contributed by atoms with E-state index in [0.29, 0.717) is 0 Å². The van der Waals surface area contributed by atoms with Gasteiger partial charge in [0.2, 0.25) is 0 Å². The van der Waals surface area contributed by atoms with Crippen LogP contribution in [0.15, 0.2) is 0 Å². The van der Waals surface area contributed by atoms with Gasteiger partial charge in [0.05, 0.1) is 16.3 Å². The second-order valence-electron chi connectivity index (χ2n) is 4.10. The summed E-state index contributed by atoms with van der Waals surface area (Å²) in [5, 5.41) is -0.974. The molecule has 0 spiro atoms. The van der Waals surface area contributed by atoms with E-state index in [-0.39, 0.29) is 34.5 Å². The molecule has 0 bridgehead atoms. The van der Waals surface area contributed by atoms with E-state index in [1.54, 1.807) is 14.2 Å². The number of rotatable bonds is 3. The van der Waals surface area contributed by atoms with Gasteiger partial charge in [0.1, 0.15) is 11.5 Å². The normalized spacial score (nSPS) is 27.5. The molecule has 1 aliphatic rings. The Labute approximate surface area is 101 Å². The van der Waals surface area contributed by atoms with E-state index in [1.165, 1.54) is 0 Å². The fourth-order valence-electron chi connectivity index (χ4n) is 1.94. The molecular weight excluding hydrogens is 236 g/mol. The van der Waals surface area contributed by atoms with Gasteiger partial charge in [-0.05, 0) is 20.8 Å². The highest BCUT2D eigenvalue weighted by Gasteiger charge is 2.68. The van der Waals surface area contributed by atoms with Crippen molar-refractivity contribution in [2.24, 2.45) is 5.41 Å². The molecule has 1 unspecified atom stereocenters. The molecular formula is C10H19ClO3S. The van der Waals surface area contributed by atoms with Crippen LogP contribution < -0.4 is 12.4 Å². The van der Waals surface area contributed by atoms with Crippen LogP contribution in [0, 0.1) is 5.41 Å². The van der Waals surface area contributed by atoms with Gasteiger partial charge in [-0.3, -0.25) is 4.79 Å². The average Bonchev–Trinajstić information content (AvgIpc) is 2.36. The van der Waals surface area contributed by atoms with Crippen LogP contribution in [-0.4, -0.2) is 36.6 Å². The quantitative estimate of drug-likeness (QED) is 0.440. The predicted molar refractivity (Wildman–Crippen MR) is 58.3 cm³/mol. The molecule has 1 heterocycles. The molecule has 1 rings (SSSR count). The zero-order chi connectivity index (χ0) is 11.0. The SMILES string of the molecule is CC[S+]1CC(C)(C)C(=O)C1(OC)OC.[Cl-]. The fourth-order valence-corrected chi connectivity index (χ4v) is 4.72. The minimum Gasteiger partial charge on any atom is -1.00 e. The van der Waals surface area contributed by atoms with Crippen molar-refractivity contribution in [2.75, 3.05) is 25.7 Å². The maximum absolute atomic E-state index is 12.1. The van der Waals surface area contributed by atoms with Gasteiger partial charge in [-0.25, -0.2) is 0 Å². The summed E-state index contributed by atoms with van der Waals surface area (Å²) in [6.45, 7) is 6.00. The number of carbonyl (C=O) groups is 1. The molecule has 0 aliphatic carbocycles. The molecule has 0 saturated carbocycles. The Bertz CT molecular complexity index is 239. The minimum absolute atomic E-state index is 0. The highest BCUT2D eigenvalue weighted by Crippen LogP contribution is 2.42. The van der Waals surface area contributed by atoms with Crippen molar-refractivity contribution >= 4 is 16.7 Å². The smallest absolute Gasteiger partial charge is 0.402 e. The monoisotopic (exact) mass is 254 g/mol. The van der Waals surface area contributed by atoms with E-state index in [0.717, 1.165) is 11.5 Å². The van der Waals surface area contributed by atoms with Crippen molar-refractivity contribution in [2.45, 2.75) is 25.9 Å². The van der Waals surface area contributed by atoms with Crippen molar-refractivity contribution in [1.29, 1.82) is 0 Å². The maximum Gasteiger partial charge on any atom is 0.402 e. The number of halogens is 1. The number of ketones is 1. The molecule has 0 aromatic carbocycles. The molecule has 0 amide bonds. The lowest BCUT2D eigenvalue weighted by Gasteiger charge is -2.22. The van der Waals surface area contributed by atoms with Gasteiger partial charge in [0.25, 0.3) is 5.78 Å². The van der Waals surface area contributed by atoms with Gasteiger partial charge in [-0.15, -0.1) is 0 Å². The Hall–Kier alpha value is 0.230. The maximum atomic E-state index is 12.1. The number of ether oxygens (including phenoxy) is 2. The Kier molecular flexibility index (Phi) is 5.12. The second-order valence-corrected chi connectivity index (χ2v) is 6.49. The molecule has 15 heavy (non-hydrogen) atoms. The number of hydrogen-bond acceptors (Lipinski definition) is 3. The average molecular weight is 255 g/mol. The van der Waals surface area contributed by atoms with Gasteiger partial charge in [-0.1, -0.05) is 0 Å². The van der Waals surface area contributed by atoms with Crippen LogP contribution in [0.1, 0.15) is 20.8 Å². The Balaban J connectivity index is 0.00000196. The third-order valence-electron chi connectivity index (χ3n) is 2.69. The summed E-state index contributed by atoms with van der Waals surface area (Å²) in [5.74, 6) is 1.88. The summed E-state index contributed by atoms with van der Waals surface area (Å²) in [4.78, 5) is 12.1. The molecule has 0 radical (unpaired) electrons. The van der Waals surface area contributed by atoms with Crippen molar-refractivity contribution in [3.05, 3.63) is 0 Å². The molecule has 1 atom stereocenters. The summed E-state index contributed by atoms with van der Waals surface area (Å²) in [5.41, 5.74) is -0.314. The van der Waals surface area contributed by atoms with Gasteiger partial charge < -0.3 is 21.9 Å². The number of hydrogen-bond donors (Lipinski definition) is 0. The lowest BCUT2D eigenvalue weighted by atomic mass is 9.90. The van der Waals surface area contributed by atoms with Crippen molar-refractivity contribution in [3.63, 3.8) is 0 Å². The Morgan fingerprint density at radius 3 is 2.07 bits per heavy atom. The molecule has 1 saturated heterocycles. The third-order valence-corrected chi connectivity index (χ3v) is 5.74. The van der Waals surface area contributed by atoms with E-state index in [1.807, 2.05) is 13.8 Å². The number of carbonyl (C=O) groups excluding carboxylic acids is 1. The number of methoxy groups -OCH3 is 2. The number of Topliss-reactive ketones (excluding diaryl/α,β-unsaturated/α-hetero) is 1. The van der Waals surface area contributed by atoms with E-state index in [2.05, 4.69) is 6.92 Å². The Morgan fingerprint density at radius 2 is 1.80 bits per heavy atom. The molecule has 1 fully saturated rings. The molecule has 0 aromatic heterocycles. The first-order chi connectivity index (χ1) is 6.44. The van der Waals surface area contributed by atoms with E-state index in [9.17, 15) is 4.79 Å². The van der Waals surface area contributed by atoms with Crippen molar-refractivity contribution < 1.29 is 26.7 Å². The first kappa shape index (κ1) is 15.2. The third kappa shape index (κ3) is 2.18. The van der Waals surface area contributed by atoms with Gasteiger partial charge >= 0.3 is 5.12 Å². The first-order valence-electron chi connectivity index (χ1n) is 4.77. The Morgan fingerprint density at radius 1 is 1.33 bits per heavy atom. The largest absolute Gasteiger partial charge is 1.00 e. The zero-order valence-corrected chi connectivity index (χ0v) is 11.5. The molecule has 90 valence electrons. The lowest BCUT2D eigenvalue weighted by Crippen LogP contribution is -3.00. The molecule has 0 N–H and O–H groups in total. The van der Waals surface area contributed by atoms with Gasteiger partial charge in [-0.2, -0.15) is 0 Å². The lowest BCUT2D eigenvalue weighted by molar-refractivity contribution is -0.173. The van der Waals surface area contributed by atoms with Crippen LogP contribution in [0.2, 0.25) is 0 Å². The second kappa shape index (κ2) is 5.04. The molecule has 5 heteroatoms. The van der Waals surface area contributed by atoms with E-state index >= 15 is 0 Å². The summed E-state index contributed by atoms with van der Waals surface area (Å²) in [6.07, 6.45) is 0. The van der Waals surface area contributed by atoms with Crippen LogP contribution in [0.4, 0.5) is 0 Å². The van der Waals surface area contributed by atoms with Crippen LogP contribution in [0.5, 0.6) is 0 Å².